The first-order chi connectivity index (χ1) is 5.33. The summed E-state index contributed by atoms with van der Waals surface area (Å²) in [6, 6.07) is 0. The molecule has 0 aliphatic heterocycles. The summed E-state index contributed by atoms with van der Waals surface area (Å²) in [5.41, 5.74) is 0. The fraction of sp³-hybridized carbons (Fsp3) is 1.00. The van der Waals surface area contributed by atoms with Crippen molar-refractivity contribution in [3.05, 3.63) is 0 Å². The van der Waals surface area contributed by atoms with Crippen LogP contribution in [0.25, 0.3) is 0 Å². The first-order valence-electron chi connectivity index (χ1n) is 4.62. The number of hydrogen-bond donors (Lipinski definition) is 1. The van der Waals surface area contributed by atoms with Gasteiger partial charge in [-0.2, -0.15) is 12.6 Å². The summed E-state index contributed by atoms with van der Waals surface area (Å²) in [5.74, 6) is 0. The second kappa shape index (κ2) is 5.04. The Morgan fingerprint density at radius 1 is 1.27 bits per heavy atom. The van der Waals surface area contributed by atoms with Crippen LogP contribution in [0.5, 0.6) is 0 Å². The number of rotatable bonds is 3. The first-order valence-corrected chi connectivity index (χ1v) is 5.14. The van der Waals surface area contributed by atoms with Crippen molar-refractivity contribution in [2.75, 3.05) is 6.61 Å². The topological polar surface area (TPSA) is 9.23 Å². The van der Waals surface area contributed by atoms with Gasteiger partial charge in [0.2, 0.25) is 0 Å². The van der Waals surface area contributed by atoms with Gasteiger partial charge in [0.15, 0.2) is 0 Å². The highest BCUT2D eigenvalue weighted by Gasteiger charge is 2.18. The van der Waals surface area contributed by atoms with Crippen LogP contribution in [0, 0.1) is 0 Å². The van der Waals surface area contributed by atoms with E-state index in [0.29, 0.717) is 11.4 Å². The average molecular weight is 174 g/mol. The van der Waals surface area contributed by atoms with Gasteiger partial charge in [0.25, 0.3) is 0 Å². The summed E-state index contributed by atoms with van der Waals surface area (Å²) in [4.78, 5) is 0. The van der Waals surface area contributed by atoms with E-state index in [1.807, 2.05) is 0 Å². The van der Waals surface area contributed by atoms with Crippen LogP contribution in [0.4, 0.5) is 0 Å². The molecule has 1 aliphatic carbocycles. The SMILES string of the molecule is CCCOC1CCC(S)CC1. The molecule has 0 spiro atoms. The molecule has 0 aromatic heterocycles. The summed E-state index contributed by atoms with van der Waals surface area (Å²) in [7, 11) is 0. The normalized spacial score (nSPS) is 32.2. The van der Waals surface area contributed by atoms with Gasteiger partial charge >= 0.3 is 0 Å². The summed E-state index contributed by atoms with van der Waals surface area (Å²) in [6.07, 6.45) is 6.58. The Kier molecular flexibility index (Phi) is 4.31. The van der Waals surface area contributed by atoms with Crippen LogP contribution in [0.15, 0.2) is 0 Å². The predicted octanol–water partition coefficient (Wildman–Crippen LogP) is 2.65. The molecule has 1 saturated carbocycles. The minimum Gasteiger partial charge on any atom is -0.378 e. The van der Waals surface area contributed by atoms with Crippen LogP contribution in [0.1, 0.15) is 39.0 Å². The summed E-state index contributed by atoms with van der Waals surface area (Å²) < 4.78 is 5.65. The van der Waals surface area contributed by atoms with Gasteiger partial charge in [0.05, 0.1) is 6.10 Å². The predicted molar refractivity (Wildman–Crippen MR) is 51.3 cm³/mol. The van der Waals surface area contributed by atoms with Gasteiger partial charge in [-0.1, -0.05) is 6.92 Å². The van der Waals surface area contributed by atoms with Crippen molar-refractivity contribution in [2.24, 2.45) is 0 Å². The quantitative estimate of drug-likeness (QED) is 0.647. The number of thiol groups is 1. The molecule has 2 heteroatoms. The molecule has 1 rings (SSSR count). The zero-order chi connectivity index (χ0) is 8.10. The molecule has 0 unspecified atom stereocenters. The highest BCUT2D eigenvalue weighted by atomic mass is 32.1. The Bertz CT molecular complexity index is 95.0. The van der Waals surface area contributed by atoms with E-state index in [1.165, 1.54) is 25.7 Å². The minimum atomic E-state index is 0.540. The standard InChI is InChI=1S/C9H18OS/c1-2-7-10-8-3-5-9(11)6-4-8/h8-9,11H,2-7H2,1H3. The first kappa shape index (κ1) is 9.40. The van der Waals surface area contributed by atoms with Crippen molar-refractivity contribution in [1.29, 1.82) is 0 Å². The lowest BCUT2D eigenvalue weighted by Crippen LogP contribution is -2.22. The van der Waals surface area contributed by atoms with E-state index in [-0.39, 0.29) is 0 Å². The lowest BCUT2D eigenvalue weighted by Gasteiger charge is -2.25. The van der Waals surface area contributed by atoms with Gasteiger partial charge in [-0.15, -0.1) is 0 Å². The van der Waals surface area contributed by atoms with Crippen molar-refractivity contribution in [1.82, 2.24) is 0 Å². The van der Waals surface area contributed by atoms with Crippen LogP contribution in [0.3, 0.4) is 0 Å². The Morgan fingerprint density at radius 2 is 1.91 bits per heavy atom. The zero-order valence-electron chi connectivity index (χ0n) is 7.25. The third-order valence-corrected chi connectivity index (χ3v) is 2.72. The van der Waals surface area contributed by atoms with E-state index < -0.39 is 0 Å². The molecule has 0 bridgehead atoms. The third kappa shape index (κ3) is 3.48. The molecule has 0 aromatic carbocycles. The fourth-order valence-electron chi connectivity index (χ4n) is 1.50. The second-order valence-corrected chi connectivity index (χ2v) is 4.03. The summed E-state index contributed by atoms with van der Waals surface area (Å²) in [5, 5.41) is 0.636. The highest BCUT2D eigenvalue weighted by molar-refractivity contribution is 7.80. The van der Waals surface area contributed by atoms with Gasteiger partial charge in [0.1, 0.15) is 0 Å². The lowest BCUT2D eigenvalue weighted by molar-refractivity contribution is 0.0300. The molecule has 1 nitrogen and oxygen atoms in total. The minimum absolute atomic E-state index is 0.540. The largest absolute Gasteiger partial charge is 0.378 e. The van der Waals surface area contributed by atoms with Crippen molar-refractivity contribution in [3.8, 4) is 0 Å². The van der Waals surface area contributed by atoms with E-state index in [9.17, 15) is 0 Å². The molecule has 0 atom stereocenters. The maximum Gasteiger partial charge on any atom is 0.0576 e. The van der Waals surface area contributed by atoms with Crippen molar-refractivity contribution in [2.45, 2.75) is 50.4 Å². The molecular formula is C9H18OS. The van der Waals surface area contributed by atoms with Crippen LogP contribution >= 0.6 is 12.6 Å². The van der Waals surface area contributed by atoms with E-state index in [4.69, 9.17) is 4.74 Å². The van der Waals surface area contributed by atoms with Crippen molar-refractivity contribution >= 4 is 12.6 Å². The molecule has 0 amide bonds. The van der Waals surface area contributed by atoms with Gasteiger partial charge in [-0.25, -0.2) is 0 Å². The molecule has 0 N–H and O–H groups in total. The number of hydrogen-bond acceptors (Lipinski definition) is 2. The van der Waals surface area contributed by atoms with Gasteiger partial charge in [-0.3, -0.25) is 0 Å². The van der Waals surface area contributed by atoms with E-state index in [1.54, 1.807) is 0 Å². The van der Waals surface area contributed by atoms with E-state index >= 15 is 0 Å². The van der Waals surface area contributed by atoms with Gasteiger partial charge < -0.3 is 4.74 Å². The van der Waals surface area contributed by atoms with Crippen LogP contribution in [-0.4, -0.2) is 18.0 Å². The molecular weight excluding hydrogens is 156 g/mol. The maximum atomic E-state index is 5.65. The molecule has 0 aromatic rings. The Labute approximate surface area is 74.9 Å². The molecule has 1 fully saturated rings. The Hall–Kier alpha value is 0.310. The lowest BCUT2D eigenvalue weighted by atomic mass is 9.97. The summed E-state index contributed by atoms with van der Waals surface area (Å²) in [6.45, 7) is 3.09. The van der Waals surface area contributed by atoms with Gasteiger partial charge in [-0.05, 0) is 32.1 Å². The molecule has 11 heavy (non-hydrogen) atoms. The van der Waals surface area contributed by atoms with Gasteiger partial charge in [0, 0.05) is 11.9 Å². The second-order valence-electron chi connectivity index (χ2n) is 3.30. The Balaban J connectivity index is 2.07. The fourth-order valence-corrected chi connectivity index (χ4v) is 1.79. The molecule has 0 heterocycles. The highest BCUT2D eigenvalue weighted by Crippen LogP contribution is 2.24. The van der Waals surface area contributed by atoms with Crippen molar-refractivity contribution in [3.63, 3.8) is 0 Å². The Morgan fingerprint density at radius 3 is 2.45 bits per heavy atom. The van der Waals surface area contributed by atoms with E-state index in [0.717, 1.165) is 13.0 Å². The van der Waals surface area contributed by atoms with Crippen LogP contribution < -0.4 is 0 Å². The van der Waals surface area contributed by atoms with Crippen molar-refractivity contribution < 1.29 is 4.74 Å². The number of ether oxygens (including phenoxy) is 1. The zero-order valence-corrected chi connectivity index (χ0v) is 8.15. The molecule has 0 radical (unpaired) electrons. The maximum absolute atomic E-state index is 5.65. The monoisotopic (exact) mass is 174 g/mol. The van der Waals surface area contributed by atoms with E-state index in [2.05, 4.69) is 19.6 Å². The smallest absolute Gasteiger partial charge is 0.0576 e. The third-order valence-electron chi connectivity index (χ3n) is 2.20. The van der Waals surface area contributed by atoms with Crippen LogP contribution in [0.2, 0.25) is 0 Å². The average Bonchev–Trinajstić information content (AvgIpc) is 2.04. The van der Waals surface area contributed by atoms with Crippen LogP contribution in [-0.2, 0) is 4.74 Å². The molecule has 66 valence electrons. The molecule has 0 saturated heterocycles. The summed E-state index contributed by atoms with van der Waals surface area (Å²) >= 11 is 4.44. The molecule has 1 aliphatic rings.